The second kappa shape index (κ2) is 7.11. The second-order valence-corrected chi connectivity index (χ2v) is 6.38. The van der Waals surface area contributed by atoms with Crippen LogP contribution in [-0.4, -0.2) is 35.8 Å². The second-order valence-electron chi connectivity index (χ2n) is 6.38. The maximum absolute atomic E-state index is 12.4. The molecule has 0 unspecified atom stereocenters. The van der Waals surface area contributed by atoms with Crippen molar-refractivity contribution in [3.8, 4) is 11.5 Å². The zero-order valence-corrected chi connectivity index (χ0v) is 14.6. The molecule has 2 aliphatic rings. The topological polar surface area (TPSA) is 84.9 Å². The number of carbonyl (C=O) groups is 3. The van der Waals surface area contributed by atoms with Crippen LogP contribution in [0, 0.1) is 0 Å². The minimum absolute atomic E-state index is 0.143. The third-order valence-corrected chi connectivity index (χ3v) is 4.51. The Morgan fingerprint density at radius 1 is 0.926 bits per heavy atom. The molecule has 138 valence electrons. The fraction of sp³-hybridized carbons (Fsp3) is 0.250. The van der Waals surface area contributed by atoms with E-state index >= 15 is 0 Å². The van der Waals surface area contributed by atoms with Crippen LogP contribution in [0.1, 0.15) is 28.8 Å². The lowest BCUT2D eigenvalue weighted by Crippen LogP contribution is -2.28. The Bertz CT molecular complexity index is 891. The first kappa shape index (κ1) is 17.1. The Morgan fingerprint density at radius 2 is 1.59 bits per heavy atom. The molecule has 7 nitrogen and oxygen atoms in total. The number of rotatable bonds is 4. The van der Waals surface area contributed by atoms with Gasteiger partial charge in [-0.3, -0.25) is 19.3 Å². The molecule has 2 aromatic rings. The van der Waals surface area contributed by atoms with Gasteiger partial charge in [-0.15, -0.1) is 0 Å². The van der Waals surface area contributed by atoms with E-state index in [1.165, 1.54) is 4.90 Å². The molecule has 0 bridgehead atoms. The van der Waals surface area contributed by atoms with Gasteiger partial charge in [0.15, 0.2) is 11.5 Å². The van der Waals surface area contributed by atoms with Gasteiger partial charge in [-0.25, -0.2) is 0 Å². The Kier molecular flexibility index (Phi) is 4.50. The zero-order valence-electron chi connectivity index (χ0n) is 14.6. The van der Waals surface area contributed by atoms with Crippen LogP contribution in [0.2, 0.25) is 0 Å². The first-order chi connectivity index (χ1) is 13.1. The summed E-state index contributed by atoms with van der Waals surface area (Å²) in [6, 6.07) is 12.1. The summed E-state index contributed by atoms with van der Waals surface area (Å²) in [5, 5.41) is 2.82. The van der Waals surface area contributed by atoms with Gasteiger partial charge in [0.05, 0.1) is 6.54 Å². The van der Waals surface area contributed by atoms with E-state index in [0.717, 1.165) is 5.56 Å². The van der Waals surface area contributed by atoms with Gasteiger partial charge in [-0.2, -0.15) is 0 Å². The lowest BCUT2D eigenvalue weighted by atomic mass is 10.1. The highest BCUT2D eigenvalue weighted by Crippen LogP contribution is 2.31. The summed E-state index contributed by atoms with van der Waals surface area (Å²) in [4.78, 5) is 37.1. The Hall–Kier alpha value is -3.35. The standard InChI is InChI=1S/C20H18N2O5/c23-18-7-8-19(24)22(18)12-13-1-4-15(5-2-13)21-20(25)14-3-6-16-17(11-14)27-10-9-26-16/h1-6,11H,7-10,12H2,(H,21,25). The van der Waals surface area contributed by atoms with Gasteiger partial charge < -0.3 is 14.8 Å². The average molecular weight is 366 g/mol. The van der Waals surface area contributed by atoms with Crippen molar-refractivity contribution in [3.63, 3.8) is 0 Å². The number of ether oxygens (including phenoxy) is 2. The smallest absolute Gasteiger partial charge is 0.255 e. The lowest BCUT2D eigenvalue weighted by Gasteiger charge is -2.18. The highest BCUT2D eigenvalue weighted by Gasteiger charge is 2.28. The summed E-state index contributed by atoms with van der Waals surface area (Å²) in [6.45, 7) is 1.22. The summed E-state index contributed by atoms with van der Waals surface area (Å²) in [6.07, 6.45) is 0.561. The van der Waals surface area contributed by atoms with E-state index in [4.69, 9.17) is 9.47 Å². The molecule has 0 aliphatic carbocycles. The normalized spacial score (nSPS) is 15.8. The summed E-state index contributed by atoms with van der Waals surface area (Å²) < 4.78 is 10.9. The highest BCUT2D eigenvalue weighted by atomic mass is 16.6. The van der Waals surface area contributed by atoms with E-state index in [1.54, 1.807) is 42.5 Å². The monoisotopic (exact) mass is 366 g/mol. The molecular weight excluding hydrogens is 348 g/mol. The van der Waals surface area contributed by atoms with E-state index in [0.29, 0.717) is 36.0 Å². The van der Waals surface area contributed by atoms with Gasteiger partial charge in [0, 0.05) is 24.1 Å². The third-order valence-electron chi connectivity index (χ3n) is 4.51. The molecule has 1 N–H and O–H groups in total. The highest BCUT2D eigenvalue weighted by molar-refractivity contribution is 6.04. The fourth-order valence-electron chi connectivity index (χ4n) is 3.06. The molecular formula is C20H18N2O5. The van der Waals surface area contributed by atoms with Gasteiger partial charge in [0.25, 0.3) is 5.91 Å². The average Bonchev–Trinajstić information content (AvgIpc) is 3.01. The quantitative estimate of drug-likeness (QED) is 0.840. The first-order valence-corrected chi connectivity index (χ1v) is 8.73. The molecule has 2 aromatic carbocycles. The molecule has 0 spiro atoms. The molecule has 7 heteroatoms. The molecule has 1 saturated heterocycles. The molecule has 2 heterocycles. The Labute approximate surface area is 155 Å². The lowest BCUT2D eigenvalue weighted by molar-refractivity contribution is -0.139. The van der Waals surface area contributed by atoms with Crippen molar-refractivity contribution in [2.24, 2.45) is 0 Å². The Morgan fingerprint density at radius 3 is 2.30 bits per heavy atom. The maximum atomic E-state index is 12.4. The number of amides is 3. The summed E-state index contributed by atoms with van der Waals surface area (Å²) in [7, 11) is 0. The van der Waals surface area contributed by atoms with Crippen molar-refractivity contribution in [2.45, 2.75) is 19.4 Å². The SMILES string of the molecule is O=C(Nc1ccc(CN2C(=O)CCC2=O)cc1)c1ccc2c(c1)OCCO2. The number of fused-ring (bicyclic) bond motifs is 1. The number of hydrogen-bond donors (Lipinski definition) is 1. The third kappa shape index (κ3) is 3.62. The summed E-state index contributed by atoms with van der Waals surface area (Å²) in [5.41, 5.74) is 1.92. The van der Waals surface area contributed by atoms with E-state index in [1.807, 2.05) is 0 Å². The van der Waals surface area contributed by atoms with Gasteiger partial charge in [0.1, 0.15) is 13.2 Å². The van der Waals surface area contributed by atoms with Gasteiger partial charge in [-0.1, -0.05) is 12.1 Å². The molecule has 27 heavy (non-hydrogen) atoms. The maximum Gasteiger partial charge on any atom is 0.255 e. The number of nitrogens with one attached hydrogen (secondary N) is 1. The van der Waals surface area contributed by atoms with Crippen molar-refractivity contribution in [2.75, 3.05) is 18.5 Å². The largest absolute Gasteiger partial charge is 0.486 e. The molecule has 0 radical (unpaired) electrons. The molecule has 0 atom stereocenters. The molecule has 0 aromatic heterocycles. The van der Waals surface area contributed by atoms with E-state index < -0.39 is 0 Å². The van der Waals surface area contributed by atoms with Gasteiger partial charge >= 0.3 is 0 Å². The summed E-state index contributed by atoms with van der Waals surface area (Å²) in [5.74, 6) is 0.647. The molecule has 3 amide bonds. The van der Waals surface area contributed by atoms with Crippen molar-refractivity contribution in [1.29, 1.82) is 0 Å². The van der Waals surface area contributed by atoms with Crippen LogP contribution in [0.3, 0.4) is 0 Å². The van der Waals surface area contributed by atoms with Crippen LogP contribution < -0.4 is 14.8 Å². The number of nitrogens with zero attached hydrogens (tertiary/aromatic N) is 1. The molecule has 2 aliphatic heterocycles. The molecule has 4 rings (SSSR count). The number of likely N-dealkylation sites (tertiary alicyclic amines) is 1. The van der Waals surface area contributed by atoms with Crippen molar-refractivity contribution >= 4 is 23.4 Å². The number of imide groups is 1. The van der Waals surface area contributed by atoms with Crippen LogP contribution in [-0.2, 0) is 16.1 Å². The predicted molar refractivity (Wildman–Crippen MR) is 96.6 cm³/mol. The fourth-order valence-corrected chi connectivity index (χ4v) is 3.06. The van der Waals surface area contributed by atoms with Crippen LogP contribution in [0.4, 0.5) is 5.69 Å². The van der Waals surface area contributed by atoms with Crippen LogP contribution in [0.15, 0.2) is 42.5 Å². The van der Waals surface area contributed by atoms with Gasteiger partial charge in [-0.05, 0) is 35.9 Å². The van der Waals surface area contributed by atoms with E-state index in [9.17, 15) is 14.4 Å². The van der Waals surface area contributed by atoms with Gasteiger partial charge in [0.2, 0.25) is 11.8 Å². The molecule has 1 fully saturated rings. The van der Waals surface area contributed by atoms with Crippen LogP contribution in [0.25, 0.3) is 0 Å². The van der Waals surface area contributed by atoms with Crippen molar-refractivity contribution in [1.82, 2.24) is 4.90 Å². The predicted octanol–water partition coefficient (Wildman–Crippen LogP) is 2.36. The zero-order chi connectivity index (χ0) is 18.8. The summed E-state index contributed by atoms with van der Waals surface area (Å²) >= 11 is 0. The Balaban J connectivity index is 1.41. The van der Waals surface area contributed by atoms with E-state index in [2.05, 4.69) is 5.32 Å². The van der Waals surface area contributed by atoms with Crippen LogP contribution in [0.5, 0.6) is 11.5 Å². The molecule has 0 saturated carbocycles. The minimum Gasteiger partial charge on any atom is -0.486 e. The minimum atomic E-state index is -0.260. The van der Waals surface area contributed by atoms with Crippen LogP contribution >= 0.6 is 0 Å². The number of benzene rings is 2. The van der Waals surface area contributed by atoms with Crippen molar-refractivity contribution in [3.05, 3.63) is 53.6 Å². The number of carbonyl (C=O) groups excluding carboxylic acids is 3. The van der Waals surface area contributed by atoms with E-state index in [-0.39, 0.29) is 37.1 Å². The number of hydrogen-bond acceptors (Lipinski definition) is 5. The first-order valence-electron chi connectivity index (χ1n) is 8.73. The number of anilines is 1. The van der Waals surface area contributed by atoms with Crippen molar-refractivity contribution < 1.29 is 23.9 Å².